The van der Waals surface area contributed by atoms with Gasteiger partial charge in [-0.3, -0.25) is 30.5 Å². The van der Waals surface area contributed by atoms with E-state index in [9.17, 15) is 9.59 Å². The average molecular weight is 372 g/mol. The summed E-state index contributed by atoms with van der Waals surface area (Å²) in [6.45, 7) is 3.92. The Balaban J connectivity index is 1.89. The Bertz CT molecular complexity index is 701. The van der Waals surface area contributed by atoms with Crippen molar-refractivity contribution in [3.63, 3.8) is 0 Å². The van der Waals surface area contributed by atoms with Crippen LogP contribution in [0, 0.1) is 33.7 Å². The van der Waals surface area contributed by atoms with Crippen LogP contribution in [-0.2, 0) is 9.59 Å². The zero-order valence-electron chi connectivity index (χ0n) is 16.0. The monoisotopic (exact) mass is 372 g/mol. The molecular weight excluding hydrogens is 348 g/mol. The van der Waals surface area contributed by atoms with Crippen molar-refractivity contribution in [2.45, 2.75) is 46.0 Å². The molecule has 0 atom stereocenters. The lowest BCUT2D eigenvalue weighted by Gasteiger charge is -2.26. The maximum Gasteiger partial charge on any atom is 0.248 e. The Kier molecular flexibility index (Phi) is 5.69. The zero-order chi connectivity index (χ0) is 20.2. The summed E-state index contributed by atoms with van der Waals surface area (Å²) in [5.74, 6) is -0.119. The van der Waals surface area contributed by atoms with Gasteiger partial charge in [0.05, 0.1) is 0 Å². The molecule has 2 fully saturated rings. The molecule has 0 saturated heterocycles. The van der Waals surface area contributed by atoms with Gasteiger partial charge in [-0.25, -0.2) is 0 Å². The van der Waals surface area contributed by atoms with E-state index in [0.717, 1.165) is 25.7 Å². The van der Waals surface area contributed by atoms with Gasteiger partial charge in [-0.05, 0) is 25.7 Å². The number of hydrogen-bond acceptors (Lipinski definition) is 6. The molecule has 10 nitrogen and oxygen atoms in total. The summed E-state index contributed by atoms with van der Waals surface area (Å²) in [4.78, 5) is 31.9. The predicted molar refractivity (Wildman–Crippen MR) is 97.2 cm³/mol. The smallest absolute Gasteiger partial charge is 0.248 e. The van der Waals surface area contributed by atoms with Crippen LogP contribution < -0.4 is 10.9 Å². The minimum atomic E-state index is -0.533. The fraction of sp³-hybridized carbons (Fsp3) is 0.647. The van der Waals surface area contributed by atoms with Crippen LogP contribution in [0.2, 0.25) is 0 Å². The number of hydrazine groups is 2. The van der Waals surface area contributed by atoms with Gasteiger partial charge < -0.3 is 0 Å². The SMILES string of the molecule is CN(NC(=O)CC(=O)NN(C)C(=NC#N)C1(C)CC1)C(=NC#N)C1(C)CC1. The number of rotatable bonds is 4. The van der Waals surface area contributed by atoms with Gasteiger partial charge in [0.25, 0.3) is 0 Å². The first-order valence-corrected chi connectivity index (χ1v) is 8.66. The number of nitriles is 2. The maximum absolute atomic E-state index is 12.2. The summed E-state index contributed by atoms with van der Waals surface area (Å²) >= 11 is 0. The molecule has 0 aliphatic heterocycles. The molecule has 0 aromatic rings. The summed E-state index contributed by atoms with van der Waals surface area (Å²) in [6.07, 6.45) is 6.63. The first kappa shape index (κ1) is 20.2. The van der Waals surface area contributed by atoms with Gasteiger partial charge in [-0.2, -0.15) is 20.5 Å². The lowest BCUT2D eigenvalue weighted by atomic mass is 10.1. The molecule has 2 amide bonds. The van der Waals surface area contributed by atoms with Crippen LogP contribution in [0.4, 0.5) is 0 Å². The van der Waals surface area contributed by atoms with Crippen LogP contribution in [0.5, 0.6) is 0 Å². The minimum absolute atomic E-state index is 0.220. The van der Waals surface area contributed by atoms with Crippen molar-refractivity contribution < 1.29 is 9.59 Å². The van der Waals surface area contributed by atoms with Gasteiger partial charge in [-0.1, -0.05) is 13.8 Å². The quantitative estimate of drug-likeness (QED) is 0.244. The third-order valence-corrected chi connectivity index (χ3v) is 4.93. The normalized spacial score (nSPS) is 19.2. The lowest BCUT2D eigenvalue weighted by Crippen LogP contribution is -2.50. The highest BCUT2D eigenvalue weighted by Crippen LogP contribution is 2.47. The molecule has 2 rings (SSSR count). The van der Waals surface area contributed by atoms with E-state index in [1.54, 1.807) is 26.5 Å². The molecule has 27 heavy (non-hydrogen) atoms. The van der Waals surface area contributed by atoms with Crippen molar-refractivity contribution in [2.24, 2.45) is 20.8 Å². The predicted octanol–water partition coefficient (Wildman–Crippen LogP) is 0.662. The summed E-state index contributed by atoms with van der Waals surface area (Å²) in [5, 5.41) is 20.5. The van der Waals surface area contributed by atoms with E-state index in [1.807, 2.05) is 13.8 Å². The van der Waals surface area contributed by atoms with Gasteiger partial charge in [0.15, 0.2) is 0 Å². The molecule has 2 aliphatic rings. The van der Waals surface area contributed by atoms with Crippen molar-refractivity contribution >= 4 is 23.5 Å². The van der Waals surface area contributed by atoms with Crippen molar-refractivity contribution in [3.05, 3.63) is 0 Å². The molecule has 0 bridgehead atoms. The number of hydrogen-bond donors (Lipinski definition) is 2. The Morgan fingerprint density at radius 3 is 1.48 bits per heavy atom. The van der Waals surface area contributed by atoms with E-state index >= 15 is 0 Å². The van der Waals surface area contributed by atoms with Crippen LogP contribution in [0.15, 0.2) is 9.98 Å². The zero-order valence-corrected chi connectivity index (χ0v) is 16.0. The number of carbonyl (C=O) groups excluding carboxylic acids is 2. The molecule has 2 N–H and O–H groups in total. The number of amidine groups is 2. The molecule has 0 spiro atoms. The van der Waals surface area contributed by atoms with Crippen LogP contribution in [0.3, 0.4) is 0 Å². The summed E-state index contributed by atoms with van der Waals surface area (Å²) in [5.41, 5.74) is 4.69. The number of carbonyl (C=O) groups is 2. The molecule has 0 radical (unpaired) electrons. The van der Waals surface area contributed by atoms with E-state index in [1.165, 1.54) is 10.0 Å². The van der Waals surface area contributed by atoms with Crippen molar-refractivity contribution in [1.82, 2.24) is 20.9 Å². The number of nitrogens with zero attached hydrogens (tertiary/aromatic N) is 6. The van der Waals surface area contributed by atoms with Crippen molar-refractivity contribution in [3.8, 4) is 12.4 Å². The molecule has 2 saturated carbocycles. The lowest BCUT2D eigenvalue weighted by molar-refractivity contribution is -0.132. The van der Waals surface area contributed by atoms with Crippen LogP contribution in [-0.4, -0.2) is 47.6 Å². The third-order valence-electron chi connectivity index (χ3n) is 4.93. The topological polar surface area (TPSA) is 137 Å². The molecule has 0 unspecified atom stereocenters. The Morgan fingerprint density at radius 1 is 0.889 bits per heavy atom. The molecule has 2 aliphatic carbocycles. The Hall–Kier alpha value is -3.14. The van der Waals surface area contributed by atoms with Gasteiger partial charge in [0.1, 0.15) is 18.1 Å². The molecule has 0 aromatic carbocycles. The van der Waals surface area contributed by atoms with Gasteiger partial charge in [0.2, 0.25) is 24.2 Å². The van der Waals surface area contributed by atoms with Crippen molar-refractivity contribution in [2.75, 3.05) is 14.1 Å². The van der Waals surface area contributed by atoms with Crippen LogP contribution in [0.1, 0.15) is 46.0 Å². The average Bonchev–Trinajstić information content (AvgIpc) is 3.49. The Labute approximate surface area is 158 Å². The highest BCUT2D eigenvalue weighted by molar-refractivity contribution is 6.00. The van der Waals surface area contributed by atoms with E-state index in [-0.39, 0.29) is 10.8 Å². The molecule has 10 heteroatoms. The van der Waals surface area contributed by atoms with E-state index in [4.69, 9.17) is 10.5 Å². The van der Waals surface area contributed by atoms with E-state index < -0.39 is 18.2 Å². The van der Waals surface area contributed by atoms with Crippen LogP contribution >= 0.6 is 0 Å². The van der Waals surface area contributed by atoms with Gasteiger partial charge in [-0.15, -0.1) is 0 Å². The standard InChI is InChI=1S/C17H24N8O2/c1-16(5-6-16)14(20-10-18)24(3)22-12(26)9-13(27)23-25(4)15(21-11-19)17(2)7-8-17/h5-9H2,1-4H3,(H,22,26)(H,23,27). The second-order valence-electron chi connectivity index (χ2n) is 7.56. The van der Waals surface area contributed by atoms with E-state index in [0.29, 0.717) is 11.7 Å². The number of nitrogens with one attached hydrogen (secondary N) is 2. The number of amides is 2. The maximum atomic E-state index is 12.2. The van der Waals surface area contributed by atoms with Crippen LogP contribution in [0.25, 0.3) is 0 Å². The van der Waals surface area contributed by atoms with E-state index in [2.05, 4.69) is 20.8 Å². The Morgan fingerprint density at radius 2 is 1.22 bits per heavy atom. The highest BCUT2D eigenvalue weighted by atomic mass is 16.2. The highest BCUT2D eigenvalue weighted by Gasteiger charge is 2.46. The fourth-order valence-corrected chi connectivity index (χ4v) is 2.85. The minimum Gasteiger partial charge on any atom is -0.274 e. The summed E-state index contributed by atoms with van der Waals surface area (Å²) < 4.78 is 0. The van der Waals surface area contributed by atoms with Gasteiger partial charge in [0, 0.05) is 24.9 Å². The number of aliphatic imine (C=N–C) groups is 2. The fourth-order valence-electron chi connectivity index (χ4n) is 2.85. The first-order chi connectivity index (χ1) is 12.6. The summed E-state index contributed by atoms with van der Waals surface area (Å²) in [7, 11) is 3.18. The van der Waals surface area contributed by atoms with Crippen molar-refractivity contribution in [1.29, 1.82) is 10.5 Å². The van der Waals surface area contributed by atoms with Gasteiger partial charge >= 0.3 is 0 Å². The molecule has 0 aromatic heterocycles. The molecular formula is C17H24N8O2. The third kappa shape index (κ3) is 4.94. The second kappa shape index (κ2) is 7.62. The molecule has 0 heterocycles. The molecule has 144 valence electrons. The second-order valence-corrected chi connectivity index (χ2v) is 7.56. The largest absolute Gasteiger partial charge is 0.274 e. The first-order valence-electron chi connectivity index (χ1n) is 8.66. The summed E-state index contributed by atoms with van der Waals surface area (Å²) in [6, 6.07) is 0.